The van der Waals surface area contributed by atoms with Gasteiger partial charge in [0.1, 0.15) is 18.1 Å². The van der Waals surface area contributed by atoms with Crippen molar-refractivity contribution in [3.8, 4) is 11.3 Å². The second kappa shape index (κ2) is 12.2. The maximum absolute atomic E-state index is 12.9. The van der Waals surface area contributed by atoms with Crippen LogP contribution in [0.4, 0.5) is 10.5 Å². The van der Waals surface area contributed by atoms with Crippen LogP contribution in [-0.2, 0) is 14.3 Å². The summed E-state index contributed by atoms with van der Waals surface area (Å²) < 4.78 is 10.9. The normalized spacial score (nSPS) is 14.1. The summed E-state index contributed by atoms with van der Waals surface area (Å²) >= 11 is 6.73. The van der Waals surface area contributed by atoms with Gasteiger partial charge in [0.2, 0.25) is 5.91 Å². The third-order valence-electron chi connectivity index (χ3n) is 5.73. The molecule has 0 aliphatic carbocycles. The van der Waals surface area contributed by atoms with Gasteiger partial charge in [-0.1, -0.05) is 24.6 Å². The Morgan fingerprint density at radius 2 is 1.90 bits per heavy atom. The summed E-state index contributed by atoms with van der Waals surface area (Å²) in [6.07, 6.45) is 2.02. The summed E-state index contributed by atoms with van der Waals surface area (Å²) in [4.78, 5) is 62.4. The number of carboxylic acids is 1. The van der Waals surface area contributed by atoms with Crippen LogP contribution in [0.3, 0.4) is 0 Å². The minimum absolute atomic E-state index is 0.0576. The van der Waals surface area contributed by atoms with E-state index in [4.69, 9.17) is 20.8 Å². The first kappa shape index (κ1) is 28.7. The molecule has 1 fully saturated rings. The van der Waals surface area contributed by atoms with E-state index in [1.54, 1.807) is 18.2 Å². The topological polar surface area (TPSA) is 143 Å². The molecule has 12 heteroatoms. The minimum atomic E-state index is -1.07. The van der Waals surface area contributed by atoms with Crippen LogP contribution in [0, 0.1) is 6.92 Å². The number of furan rings is 1. The van der Waals surface area contributed by atoms with Gasteiger partial charge in [0.15, 0.2) is 0 Å². The molecule has 1 aliphatic heterocycles. The third-order valence-corrected chi connectivity index (χ3v) is 6.97. The Morgan fingerprint density at radius 1 is 1.12 bits per heavy atom. The van der Waals surface area contributed by atoms with Gasteiger partial charge in [0.25, 0.3) is 11.1 Å². The Bertz CT molecular complexity index is 1560. The average molecular weight is 583 g/mol. The zero-order valence-corrected chi connectivity index (χ0v) is 22.9. The Kier molecular flexibility index (Phi) is 8.76. The zero-order valence-electron chi connectivity index (χ0n) is 21.4. The fourth-order valence-corrected chi connectivity index (χ4v) is 4.75. The zero-order chi connectivity index (χ0) is 29.0. The quantitative estimate of drug-likeness (QED) is 0.234. The van der Waals surface area contributed by atoms with Crippen LogP contribution in [0.1, 0.15) is 45.4 Å². The summed E-state index contributed by atoms with van der Waals surface area (Å²) in [7, 11) is 0. The molecular formula is C28H23ClN2O8S. The molecule has 0 spiro atoms. The largest absolute Gasteiger partial charge is 0.478 e. The predicted octanol–water partition coefficient (Wildman–Crippen LogP) is 5.85. The molecule has 0 bridgehead atoms. The van der Waals surface area contributed by atoms with Crippen LogP contribution >= 0.6 is 23.4 Å². The van der Waals surface area contributed by atoms with Gasteiger partial charge < -0.3 is 19.6 Å². The molecule has 0 unspecified atom stereocenters. The first-order valence-electron chi connectivity index (χ1n) is 12.0. The molecule has 0 atom stereocenters. The van der Waals surface area contributed by atoms with E-state index in [-0.39, 0.29) is 39.1 Å². The van der Waals surface area contributed by atoms with E-state index in [9.17, 15) is 29.1 Å². The standard InChI is InChI=1S/C28H23ClN2O8S/c1-3-10-38-27(36)20-12-17(6-8-21(20)29)30-24(32)14-31-25(33)23(40-28(31)37)13-18-7-9-22(39-18)19-11-16(26(34)35)5-4-15(19)2/h4-9,11-13H,3,10,14H2,1-2H3,(H,30,32)(H,34,35)/b23-13-. The lowest BCUT2D eigenvalue weighted by molar-refractivity contribution is -0.127. The van der Waals surface area contributed by atoms with Crippen LogP contribution in [0.5, 0.6) is 0 Å². The lowest BCUT2D eigenvalue weighted by Crippen LogP contribution is -2.36. The molecule has 1 aromatic heterocycles. The van der Waals surface area contributed by atoms with E-state index in [1.807, 2.05) is 13.8 Å². The number of amides is 3. The molecule has 3 amide bonds. The number of esters is 1. The smallest absolute Gasteiger partial charge is 0.339 e. The lowest BCUT2D eigenvalue weighted by atomic mass is 10.0. The van der Waals surface area contributed by atoms with E-state index in [2.05, 4.69) is 5.32 Å². The van der Waals surface area contributed by atoms with Gasteiger partial charge in [-0.25, -0.2) is 9.59 Å². The number of anilines is 1. The van der Waals surface area contributed by atoms with Crippen molar-refractivity contribution < 1.29 is 38.2 Å². The highest BCUT2D eigenvalue weighted by molar-refractivity contribution is 8.18. The average Bonchev–Trinajstić information content (AvgIpc) is 3.48. The lowest BCUT2D eigenvalue weighted by Gasteiger charge is -2.13. The molecule has 0 saturated carbocycles. The molecule has 2 aromatic carbocycles. The fraction of sp³-hybridized carbons (Fsp3) is 0.179. The number of nitrogens with one attached hydrogen (secondary N) is 1. The van der Waals surface area contributed by atoms with Crippen LogP contribution in [-0.4, -0.2) is 52.2 Å². The van der Waals surface area contributed by atoms with Crippen LogP contribution in [0.25, 0.3) is 17.4 Å². The van der Waals surface area contributed by atoms with Crippen molar-refractivity contribution in [2.75, 3.05) is 18.5 Å². The number of nitrogens with zero attached hydrogens (tertiary/aromatic N) is 1. The molecule has 1 aliphatic rings. The monoisotopic (exact) mass is 582 g/mol. The van der Waals surface area contributed by atoms with Gasteiger partial charge in [0.05, 0.1) is 27.7 Å². The molecule has 2 heterocycles. The van der Waals surface area contributed by atoms with Crippen LogP contribution in [0.2, 0.25) is 5.02 Å². The molecule has 40 heavy (non-hydrogen) atoms. The number of thioether (sulfide) groups is 1. The van der Waals surface area contributed by atoms with Crippen molar-refractivity contribution in [3.05, 3.63) is 80.9 Å². The molecule has 0 radical (unpaired) electrons. The maximum atomic E-state index is 12.9. The number of imide groups is 1. The van der Waals surface area contributed by atoms with Crippen LogP contribution < -0.4 is 5.32 Å². The second-order valence-electron chi connectivity index (χ2n) is 8.68. The molecule has 2 N–H and O–H groups in total. The van der Waals surface area contributed by atoms with Gasteiger partial charge in [-0.3, -0.25) is 19.3 Å². The van der Waals surface area contributed by atoms with Crippen molar-refractivity contribution in [3.63, 3.8) is 0 Å². The first-order chi connectivity index (χ1) is 19.1. The Labute approximate surface area is 237 Å². The van der Waals surface area contributed by atoms with E-state index in [0.29, 0.717) is 29.5 Å². The number of rotatable bonds is 9. The minimum Gasteiger partial charge on any atom is -0.478 e. The highest BCUT2D eigenvalue weighted by Gasteiger charge is 2.36. The highest BCUT2D eigenvalue weighted by atomic mass is 35.5. The van der Waals surface area contributed by atoms with Gasteiger partial charge in [-0.15, -0.1) is 0 Å². The summed E-state index contributed by atoms with van der Waals surface area (Å²) in [5.74, 6) is -2.37. The van der Waals surface area contributed by atoms with Gasteiger partial charge in [0, 0.05) is 17.3 Å². The molecule has 10 nitrogen and oxygen atoms in total. The highest BCUT2D eigenvalue weighted by Crippen LogP contribution is 2.34. The van der Waals surface area contributed by atoms with Gasteiger partial charge in [-0.05, 0) is 73.1 Å². The number of hydrogen-bond donors (Lipinski definition) is 2. The number of ether oxygens (including phenoxy) is 1. The van der Waals surface area contributed by atoms with Crippen molar-refractivity contribution >= 4 is 64.1 Å². The Hall–Kier alpha value is -4.35. The summed E-state index contributed by atoms with van der Waals surface area (Å²) in [6.45, 7) is 3.32. The predicted molar refractivity (Wildman–Crippen MR) is 149 cm³/mol. The number of benzene rings is 2. The van der Waals surface area contributed by atoms with Crippen molar-refractivity contribution in [2.45, 2.75) is 20.3 Å². The van der Waals surface area contributed by atoms with Gasteiger partial charge >= 0.3 is 11.9 Å². The fourth-order valence-electron chi connectivity index (χ4n) is 3.74. The second-order valence-corrected chi connectivity index (χ2v) is 10.1. The number of aryl methyl sites for hydroxylation is 1. The van der Waals surface area contributed by atoms with Gasteiger partial charge in [-0.2, -0.15) is 0 Å². The number of carboxylic acid groups (broad SMARTS) is 1. The van der Waals surface area contributed by atoms with Crippen molar-refractivity contribution in [2.24, 2.45) is 0 Å². The van der Waals surface area contributed by atoms with E-state index in [1.165, 1.54) is 36.4 Å². The number of hydrogen-bond acceptors (Lipinski definition) is 8. The van der Waals surface area contributed by atoms with E-state index < -0.39 is 35.5 Å². The number of carbonyl (C=O) groups excluding carboxylic acids is 4. The number of carbonyl (C=O) groups is 5. The number of halogens is 1. The molecular weight excluding hydrogens is 560 g/mol. The summed E-state index contributed by atoms with van der Waals surface area (Å²) in [5, 5.41) is 11.3. The van der Waals surface area contributed by atoms with E-state index in [0.717, 1.165) is 10.5 Å². The van der Waals surface area contributed by atoms with Crippen LogP contribution in [0.15, 0.2) is 57.9 Å². The Morgan fingerprint density at radius 3 is 2.62 bits per heavy atom. The van der Waals surface area contributed by atoms with Crippen molar-refractivity contribution in [1.29, 1.82) is 0 Å². The molecule has 1 saturated heterocycles. The summed E-state index contributed by atoms with van der Waals surface area (Å²) in [6, 6.07) is 12.1. The first-order valence-corrected chi connectivity index (χ1v) is 13.2. The molecule has 206 valence electrons. The van der Waals surface area contributed by atoms with E-state index >= 15 is 0 Å². The van der Waals surface area contributed by atoms with Crippen molar-refractivity contribution in [1.82, 2.24) is 4.90 Å². The molecule has 3 aromatic rings. The Balaban J connectivity index is 1.45. The maximum Gasteiger partial charge on any atom is 0.339 e. The molecule has 4 rings (SSSR count). The third kappa shape index (κ3) is 6.44. The summed E-state index contributed by atoms with van der Waals surface area (Å²) in [5.41, 5.74) is 1.79. The SMILES string of the molecule is CCCOC(=O)c1cc(NC(=O)CN2C(=O)S/C(=C\c3ccc(-c4cc(C(=O)O)ccc4C)o3)C2=O)ccc1Cl. The number of aromatic carboxylic acids is 1.